The Morgan fingerprint density at radius 1 is 1.32 bits per heavy atom. The summed E-state index contributed by atoms with van der Waals surface area (Å²) in [6, 6.07) is 7.46. The molecule has 0 aliphatic carbocycles. The molecule has 0 saturated carbocycles. The number of halogens is 3. The average molecular weight is 323 g/mol. The molecule has 8 heteroatoms. The Kier molecular flexibility index (Phi) is 4.58. The summed E-state index contributed by atoms with van der Waals surface area (Å²) in [6.07, 6.45) is -4.48. The molecule has 4 nitrogen and oxygen atoms in total. The lowest BCUT2D eigenvalue weighted by Crippen LogP contribution is -2.13. The van der Waals surface area contributed by atoms with Crippen LogP contribution in [0.3, 0.4) is 0 Å². The number of anilines is 1. The summed E-state index contributed by atoms with van der Waals surface area (Å²) >= 11 is 1.28. The van der Waals surface area contributed by atoms with Crippen molar-refractivity contribution in [1.82, 2.24) is 0 Å². The van der Waals surface area contributed by atoms with Crippen LogP contribution in [0.4, 0.5) is 18.9 Å². The Labute approximate surface area is 127 Å². The van der Waals surface area contributed by atoms with Crippen LogP contribution in [0.2, 0.25) is 0 Å². The number of ketones is 1. The molecule has 0 atom stereocenters. The second kappa shape index (κ2) is 6.41. The predicted octanol–water partition coefficient (Wildman–Crippen LogP) is 3.94. The Bertz CT molecular complexity index is 745. The molecule has 112 valence electrons. The van der Waals surface area contributed by atoms with Crippen molar-refractivity contribution < 1.29 is 18.0 Å². The molecule has 0 spiro atoms. The molecule has 0 radical (unpaired) electrons. The molecule has 0 aliphatic heterocycles. The number of hydrazone groups is 1. The van der Waals surface area contributed by atoms with Crippen molar-refractivity contribution in [3.8, 4) is 6.07 Å². The van der Waals surface area contributed by atoms with Crippen molar-refractivity contribution in [1.29, 1.82) is 5.26 Å². The summed E-state index contributed by atoms with van der Waals surface area (Å²) in [5.41, 5.74) is 1.34. The molecule has 0 amide bonds. The van der Waals surface area contributed by atoms with E-state index in [0.29, 0.717) is 5.56 Å². The third-order valence-electron chi connectivity index (χ3n) is 2.59. The number of benzene rings is 1. The second-order valence-electron chi connectivity index (χ2n) is 4.10. The van der Waals surface area contributed by atoms with Crippen LogP contribution in [0, 0.1) is 11.3 Å². The van der Waals surface area contributed by atoms with Gasteiger partial charge in [-0.3, -0.25) is 10.2 Å². The lowest BCUT2D eigenvalue weighted by atomic mass is 10.1. The highest BCUT2D eigenvalue weighted by molar-refractivity contribution is 7.08. The summed E-state index contributed by atoms with van der Waals surface area (Å²) in [5, 5.41) is 15.7. The summed E-state index contributed by atoms with van der Waals surface area (Å²) in [4.78, 5) is 11.9. The Balaban J connectivity index is 2.20. The van der Waals surface area contributed by atoms with E-state index < -0.39 is 23.2 Å². The molecule has 0 unspecified atom stereocenters. The topological polar surface area (TPSA) is 65.2 Å². The Morgan fingerprint density at radius 2 is 2.09 bits per heavy atom. The smallest absolute Gasteiger partial charge is 0.286 e. The molecule has 0 fully saturated rings. The van der Waals surface area contributed by atoms with Crippen LogP contribution in [0.15, 0.2) is 46.2 Å². The normalized spacial score (nSPS) is 11.8. The number of hydrogen-bond acceptors (Lipinski definition) is 5. The molecule has 0 bridgehead atoms. The number of nitrogens with one attached hydrogen (secondary N) is 1. The maximum atomic E-state index is 12.6. The van der Waals surface area contributed by atoms with E-state index in [1.54, 1.807) is 16.8 Å². The van der Waals surface area contributed by atoms with Crippen LogP contribution in [-0.4, -0.2) is 11.5 Å². The molecule has 1 heterocycles. The van der Waals surface area contributed by atoms with E-state index >= 15 is 0 Å². The van der Waals surface area contributed by atoms with Gasteiger partial charge in [-0.15, -0.1) is 0 Å². The van der Waals surface area contributed by atoms with E-state index in [-0.39, 0.29) is 5.69 Å². The highest BCUT2D eigenvalue weighted by Crippen LogP contribution is 2.30. The first kappa shape index (κ1) is 15.7. The molecule has 1 aromatic heterocycles. The van der Waals surface area contributed by atoms with Crippen molar-refractivity contribution in [2.24, 2.45) is 5.10 Å². The van der Waals surface area contributed by atoms with Gasteiger partial charge in [-0.1, -0.05) is 6.07 Å². The van der Waals surface area contributed by atoms with E-state index in [2.05, 4.69) is 10.5 Å². The van der Waals surface area contributed by atoms with Gasteiger partial charge in [0.15, 0.2) is 0 Å². The summed E-state index contributed by atoms with van der Waals surface area (Å²) in [5.74, 6) is -0.594. The SMILES string of the molecule is N#C/C(=N/Nc1cccc(C(F)(F)F)c1)C(=O)c1ccsc1. The average Bonchev–Trinajstić information content (AvgIpc) is 3.01. The van der Waals surface area contributed by atoms with Gasteiger partial charge in [0, 0.05) is 10.9 Å². The summed E-state index contributed by atoms with van der Waals surface area (Å²) < 4.78 is 37.7. The minimum atomic E-state index is -4.48. The lowest BCUT2D eigenvalue weighted by molar-refractivity contribution is -0.137. The Hall–Kier alpha value is -2.66. The molecule has 2 rings (SSSR count). The third kappa shape index (κ3) is 3.71. The van der Waals surface area contributed by atoms with E-state index in [0.717, 1.165) is 12.1 Å². The number of rotatable bonds is 4. The lowest BCUT2D eigenvalue weighted by Gasteiger charge is -2.08. The van der Waals surface area contributed by atoms with Crippen LogP contribution < -0.4 is 5.43 Å². The summed E-state index contributed by atoms with van der Waals surface area (Å²) in [7, 11) is 0. The van der Waals surface area contributed by atoms with Gasteiger partial charge in [-0.2, -0.15) is 34.9 Å². The zero-order chi connectivity index (χ0) is 16.2. The van der Waals surface area contributed by atoms with Gasteiger partial charge in [0.25, 0.3) is 0 Å². The molecule has 22 heavy (non-hydrogen) atoms. The molecule has 1 N–H and O–H groups in total. The van der Waals surface area contributed by atoms with Gasteiger partial charge in [-0.25, -0.2) is 0 Å². The van der Waals surface area contributed by atoms with E-state index in [9.17, 15) is 18.0 Å². The largest absolute Gasteiger partial charge is 0.416 e. The van der Waals surface area contributed by atoms with Gasteiger partial charge in [0.05, 0.1) is 11.3 Å². The first-order valence-electron chi connectivity index (χ1n) is 5.90. The summed E-state index contributed by atoms with van der Waals surface area (Å²) in [6.45, 7) is 0. The van der Waals surface area contributed by atoms with Gasteiger partial charge in [0.2, 0.25) is 11.5 Å². The zero-order valence-corrected chi connectivity index (χ0v) is 11.7. The second-order valence-corrected chi connectivity index (χ2v) is 4.88. The number of thiophene rings is 1. The van der Waals surface area contributed by atoms with E-state index in [1.807, 2.05) is 0 Å². The minimum Gasteiger partial charge on any atom is -0.286 e. The molecule has 0 aliphatic rings. The maximum absolute atomic E-state index is 12.6. The molecule has 0 saturated heterocycles. The number of carbonyl (C=O) groups is 1. The Morgan fingerprint density at radius 3 is 2.68 bits per heavy atom. The number of nitriles is 1. The standard InChI is InChI=1S/C14H8F3N3OS/c15-14(16,17)10-2-1-3-11(6-10)19-20-12(7-18)13(21)9-4-5-22-8-9/h1-6,8,19H/b20-12-. The predicted molar refractivity (Wildman–Crippen MR) is 76.8 cm³/mol. The van der Waals surface area contributed by atoms with Gasteiger partial charge < -0.3 is 0 Å². The number of hydrogen-bond donors (Lipinski definition) is 1. The van der Waals surface area contributed by atoms with Crippen molar-refractivity contribution >= 4 is 28.5 Å². The molecular formula is C14H8F3N3OS. The maximum Gasteiger partial charge on any atom is 0.416 e. The van der Waals surface area contributed by atoms with Crippen LogP contribution in [0.1, 0.15) is 15.9 Å². The first-order chi connectivity index (χ1) is 10.4. The van der Waals surface area contributed by atoms with Crippen LogP contribution in [0.25, 0.3) is 0 Å². The van der Waals surface area contributed by atoms with Crippen molar-refractivity contribution in [3.05, 3.63) is 52.2 Å². The molecule has 1 aromatic carbocycles. The first-order valence-corrected chi connectivity index (χ1v) is 6.84. The van der Waals surface area contributed by atoms with Gasteiger partial charge in [-0.05, 0) is 29.6 Å². The minimum absolute atomic E-state index is 0.0284. The number of alkyl halides is 3. The fraction of sp³-hybridized carbons (Fsp3) is 0.0714. The molecular weight excluding hydrogens is 315 g/mol. The van der Waals surface area contributed by atoms with E-state index in [1.165, 1.54) is 29.5 Å². The van der Waals surface area contributed by atoms with Crippen molar-refractivity contribution in [3.63, 3.8) is 0 Å². The van der Waals surface area contributed by atoms with Crippen molar-refractivity contribution in [2.45, 2.75) is 6.18 Å². The monoisotopic (exact) mass is 323 g/mol. The fourth-order valence-electron chi connectivity index (χ4n) is 1.54. The van der Waals surface area contributed by atoms with Gasteiger partial charge >= 0.3 is 6.18 Å². The number of nitrogens with zero attached hydrogens (tertiary/aromatic N) is 2. The fourth-order valence-corrected chi connectivity index (χ4v) is 2.18. The van der Waals surface area contributed by atoms with E-state index in [4.69, 9.17) is 5.26 Å². The van der Waals surface area contributed by atoms with Crippen LogP contribution in [-0.2, 0) is 6.18 Å². The van der Waals surface area contributed by atoms with Crippen LogP contribution in [0.5, 0.6) is 0 Å². The molecule has 2 aromatic rings. The highest BCUT2D eigenvalue weighted by Gasteiger charge is 2.30. The third-order valence-corrected chi connectivity index (χ3v) is 3.27. The number of carbonyl (C=O) groups excluding carboxylic acids is 1. The quantitative estimate of drug-likeness (QED) is 0.526. The van der Waals surface area contributed by atoms with Crippen molar-refractivity contribution in [2.75, 3.05) is 5.43 Å². The highest BCUT2D eigenvalue weighted by atomic mass is 32.1. The van der Waals surface area contributed by atoms with Crippen LogP contribution >= 0.6 is 11.3 Å². The number of Topliss-reactive ketones (excluding diaryl/α,β-unsaturated/α-hetero) is 1. The van der Waals surface area contributed by atoms with Gasteiger partial charge in [0.1, 0.15) is 6.07 Å². The zero-order valence-electron chi connectivity index (χ0n) is 10.9.